The normalized spacial score (nSPS) is 16.1. The number of nitrogen functional groups attached to an aromatic ring is 1. The highest BCUT2D eigenvalue weighted by Gasteiger charge is 2.39. The van der Waals surface area contributed by atoms with Crippen LogP contribution in [0.25, 0.3) is 67.6 Å². The Hall–Kier alpha value is -12.5. The molecule has 3 aromatic carbocycles. The predicted molar refractivity (Wildman–Crippen MR) is 533 cm³/mol. The Morgan fingerprint density at radius 3 is 1.17 bits per heavy atom. The maximum atomic E-state index is 14.4. The van der Waals surface area contributed by atoms with Crippen molar-refractivity contribution in [3.05, 3.63) is 202 Å². The van der Waals surface area contributed by atoms with Crippen LogP contribution in [0.5, 0.6) is 0 Å². The summed E-state index contributed by atoms with van der Waals surface area (Å²) >= 11 is -1.50. The lowest BCUT2D eigenvalue weighted by Gasteiger charge is -2.32. The molecule has 10 aromatic heterocycles. The van der Waals surface area contributed by atoms with E-state index in [1.165, 1.54) is 30.5 Å². The van der Waals surface area contributed by atoms with Gasteiger partial charge in [0.2, 0.25) is 15.9 Å². The number of likely N-dealkylation sites (N-methyl/N-ethyl adjacent to an activating group) is 2. The van der Waals surface area contributed by atoms with Gasteiger partial charge in [-0.1, -0.05) is 48.5 Å². The van der Waals surface area contributed by atoms with E-state index in [-0.39, 0.29) is 53.1 Å². The molecule has 1 amide bonds. The van der Waals surface area contributed by atoms with E-state index in [9.17, 15) is 52.4 Å². The Kier molecular flexibility index (Phi) is 36.7. The van der Waals surface area contributed by atoms with Crippen LogP contribution in [0.1, 0.15) is 50.1 Å². The molecule has 6 saturated heterocycles. The number of sulfone groups is 1. The van der Waals surface area contributed by atoms with Crippen LogP contribution in [0.15, 0.2) is 146 Å². The summed E-state index contributed by atoms with van der Waals surface area (Å²) in [5.41, 5.74) is 14.6. The number of halogens is 7. The van der Waals surface area contributed by atoms with Gasteiger partial charge in [0.05, 0.1) is 93.5 Å². The first kappa shape index (κ1) is 108. The summed E-state index contributed by atoms with van der Waals surface area (Å²) in [6, 6.07) is 30.3. The number of fused-ring (bicyclic) bond motifs is 4. The van der Waals surface area contributed by atoms with Crippen LogP contribution >= 0.6 is 0 Å². The van der Waals surface area contributed by atoms with E-state index in [2.05, 4.69) is 106 Å². The van der Waals surface area contributed by atoms with Gasteiger partial charge in [-0.25, -0.2) is 73.9 Å². The number of rotatable bonds is 24. The number of nitrogens with zero attached hydrogens (tertiary/aromatic N) is 24. The van der Waals surface area contributed by atoms with Crippen molar-refractivity contribution in [2.75, 3.05) is 243 Å². The molecular formula is C94H114F7N27O13S4. The minimum Gasteiger partial charge on any atom is -0.384 e. The Morgan fingerprint density at radius 2 is 0.793 bits per heavy atom. The van der Waals surface area contributed by atoms with Crippen molar-refractivity contribution in [1.29, 1.82) is 0 Å². The van der Waals surface area contributed by atoms with Crippen LogP contribution in [0, 0.1) is 5.82 Å². The Bertz CT molecular complexity index is 6940. The molecule has 16 heterocycles. The average molecular weight is 2090 g/mol. The van der Waals surface area contributed by atoms with E-state index in [0.717, 1.165) is 202 Å². The molecule has 776 valence electrons. The van der Waals surface area contributed by atoms with Crippen LogP contribution in [0.4, 0.5) is 65.6 Å². The molecule has 13 aromatic rings. The zero-order chi connectivity index (χ0) is 103. The molecule has 6 fully saturated rings. The summed E-state index contributed by atoms with van der Waals surface area (Å²) in [6.07, 6.45) is 2.76. The van der Waals surface area contributed by atoms with Gasteiger partial charge >= 0.3 is 35.5 Å². The van der Waals surface area contributed by atoms with Crippen LogP contribution in [-0.2, 0) is 124 Å². The number of nitrogens with two attached hydrogens (primary N) is 1. The first-order valence-corrected chi connectivity index (χ1v) is 51.7. The number of piperazine rings is 2. The summed E-state index contributed by atoms with van der Waals surface area (Å²) < 4.78 is 209. The molecule has 0 atom stereocenters. The van der Waals surface area contributed by atoms with E-state index in [4.69, 9.17) is 61.7 Å². The SMILES string of the molecule is CN(C)Cc1cc2c(N3CCOCC3)nc(-c3cccc(CNS(C)(=O)=O)c3)nn2c1.CN(C)Cc1cc2c(N3CCOCC3)nc(-c3cccc(CS(C)(=O)=O)c3)nn2c1.CN1CCN(Cc2cc3c(N4CCOCC4)nc(-c4cnc(N)cc4C(F)(F)F)nn3c2)CC1.CN1CCN(Cc2cc3c(N4CCOCC4)nc(-c4cnc(NC(=O)Cc5ccc(F)cc5)cc4C(F)(F)F)nn3c2)CC1.O=S=O.O=S=O. The zero-order valence-corrected chi connectivity index (χ0v) is 84.4. The summed E-state index contributed by atoms with van der Waals surface area (Å²) in [6.45, 7) is 21.0. The van der Waals surface area contributed by atoms with Crippen molar-refractivity contribution in [2.45, 2.75) is 57.3 Å². The van der Waals surface area contributed by atoms with E-state index in [1.54, 1.807) is 9.03 Å². The van der Waals surface area contributed by atoms with Crippen molar-refractivity contribution in [2.24, 2.45) is 0 Å². The number of sulfonamides is 1. The Balaban J connectivity index is 0.000000152. The summed E-state index contributed by atoms with van der Waals surface area (Å²) in [5.74, 6) is 2.35. The highest BCUT2D eigenvalue weighted by molar-refractivity contribution is 7.89. The molecule has 0 unspecified atom stereocenters. The van der Waals surface area contributed by atoms with E-state index in [0.29, 0.717) is 120 Å². The van der Waals surface area contributed by atoms with Crippen molar-refractivity contribution >= 4 is 106 Å². The number of anilines is 6. The maximum Gasteiger partial charge on any atom is 0.417 e. The fourth-order valence-corrected chi connectivity index (χ4v) is 18.4. The highest BCUT2D eigenvalue weighted by Crippen LogP contribution is 2.41. The lowest BCUT2D eigenvalue weighted by Crippen LogP contribution is -2.43. The number of carbonyl (C=O) groups is 1. The first-order valence-electron chi connectivity index (χ1n) is 46.4. The Morgan fingerprint density at radius 1 is 0.441 bits per heavy atom. The van der Waals surface area contributed by atoms with Gasteiger partial charge in [-0.2, -0.15) is 43.2 Å². The Labute approximate surface area is 839 Å². The largest absolute Gasteiger partial charge is 0.417 e. The molecule has 40 nitrogen and oxygen atoms in total. The van der Waals surface area contributed by atoms with Gasteiger partial charge in [-0.05, 0) is 142 Å². The first-order chi connectivity index (χ1) is 69.3. The molecule has 145 heavy (non-hydrogen) atoms. The van der Waals surface area contributed by atoms with E-state index >= 15 is 0 Å². The van der Waals surface area contributed by atoms with E-state index < -0.39 is 78.2 Å². The number of hydrogen-bond acceptors (Lipinski definition) is 34. The number of alkyl halides is 6. The third-order valence-corrected chi connectivity index (χ3v) is 25.6. The number of ether oxygens (including phenoxy) is 4. The number of carbonyl (C=O) groups excluding carboxylic acids is 1. The van der Waals surface area contributed by atoms with Crippen LogP contribution in [-0.4, -0.2) is 350 Å². The number of morpholine rings is 4. The second-order valence-electron chi connectivity index (χ2n) is 36.1. The summed E-state index contributed by atoms with van der Waals surface area (Å²) in [5, 5.41) is 20.9. The van der Waals surface area contributed by atoms with E-state index in [1.807, 2.05) is 132 Å². The quantitative estimate of drug-likeness (QED) is 0.0492. The number of benzene rings is 3. The van der Waals surface area contributed by atoms with Gasteiger partial charge in [0.25, 0.3) is 0 Å². The molecule has 6 aliphatic rings. The molecule has 6 aliphatic heterocycles. The topological polar surface area (TPSA) is 420 Å². The maximum absolute atomic E-state index is 14.4. The molecular weight excluding hydrogens is 1980 g/mol. The highest BCUT2D eigenvalue weighted by atomic mass is 32.2. The second kappa shape index (κ2) is 49.1. The molecule has 19 rings (SSSR count). The number of amides is 1. The van der Waals surface area contributed by atoms with Crippen molar-refractivity contribution in [3.8, 4) is 45.6 Å². The number of pyridine rings is 2. The zero-order valence-electron chi connectivity index (χ0n) is 81.2. The number of aromatic nitrogens is 14. The number of nitrogens with one attached hydrogen (secondary N) is 2. The van der Waals surface area contributed by atoms with Gasteiger partial charge in [-0.3, -0.25) is 14.6 Å². The monoisotopic (exact) mass is 2090 g/mol. The lowest BCUT2D eigenvalue weighted by molar-refractivity contribution is -0.138. The molecule has 0 aliphatic carbocycles. The van der Waals surface area contributed by atoms with Crippen LogP contribution in [0.3, 0.4) is 0 Å². The summed E-state index contributed by atoms with van der Waals surface area (Å²) in [7, 11) is 5.97. The number of hydrogen-bond donors (Lipinski definition) is 3. The fraction of sp³-hybridized carbons (Fsp3) is 0.436. The van der Waals surface area contributed by atoms with Gasteiger partial charge < -0.3 is 69.2 Å². The van der Waals surface area contributed by atoms with Crippen LogP contribution < -0.4 is 35.4 Å². The second-order valence-corrected chi connectivity index (χ2v) is 40.3. The van der Waals surface area contributed by atoms with Gasteiger partial charge in [0.15, 0.2) is 56.4 Å². The molecule has 0 bridgehead atoms. The summed E-state index contributed by atoms with van der Waals surface area (Å²) in [4.78, 5) is 61.6. The van der Waals surface area contributed by atoms with Crippen LogP contribution in [0.2, 0.25) is 0 Å². The minimum atomic E-state index is -4.78. The third-order valence-electron chi connectivity index (χ3n) is 24.1. The predicted octanol–water partition coefficient (Wildman–Crippen LogP) is 7.53. The lowest BCUT2D eigenvalue weighted by atomic mass is 10.1. The van der Waals surface area contributed by atoms with Crippen molar-refractivity contribution in [3.63, 3.8) is 0 Å². The van der Waals surface area contributed by atoms with Gasteiger partial charge in [0, 0.05) is 192 Å². The van der Waals surface area contributed by atoms with Crippen molar-refractivity contribution < 1.29 is 88.1 Å². The molecule has 4 N–H and O–H groups in total. The standard InChI is InChI=1S/C30H32F4N8O2.C22H27F3N8O.C21H28N6O3S.C21H27N5O3S.2O2S/c1-39-6-8-40(9-7-39)18-21-14-25-29(41-10-12-44-13-11-41)37-28(38-42(25)19-21)23-17-35-26(16-24(23)30(32,33)34)36-27(43)15-20-2-4-22(31)5-3-20;1-30-2-4-31(5-3-30)13-15-10-18-21(32-6-8-34-9-7-32)28-20(29-33(18)14-15)16-12-27-19(26)11-17(16)22(23,24)25;1-25(2)14-17-12-19-21(26-7-9-30-10-8-26)23-20(24-27(19)15-17)18-6-4-5-16(11-18)13-22-31(3,28)29;1-24(2)13-17-12-19-21(25-7-9-29-10-8-25)22-20(23-26(19)14-17)18-6-4-5-16(11-18)15-30(3,27)28;2*1-3-2/h2-5,14,16-17,19H,6-13,15,18H2,1H3,(H,35,36,43);10-12,14H,2-9,13H2,1H3,(H2,26,27);4-6,11-12,15,22H,7-10,13-14H2,1-3H3;4-6,11-12,14H,7-10,13,15H2,1-3H3;;. The third kappa shape index (κ3) is 30.1. The molecule has 0 radical (unpaired) electrons. The smallest absolute Gasteiger partial charge is 0.384 e. The molecule has 0 spiro atoms. The fourth-order valence-electron chi connectivity index (χ4n) is 17.2. The average Bonchev–Trinajstić information content (AvgIpc) is 1.68. The molecule has 0 saturated carbocycles. The van der Waals surface area contributed by atoms with Gasteiger partial charge in [-0.15, -0.1) is 20.4 Å². The van der Waals surface area contributed by atoms with Gasteiger partial charge in [0.1, 0.15) is 39.5 Å². The molecule has 51 heteroatoms. The minimum absolute atomic E-state index is 0.00406. The van der Waals surface area contributed by atoms with Crippen molar-refractivity contribution in [1.82, 2.24) is 102 Å².